The number of fused-ring (bicyclic) bond motifs is 3. The molecule has 0 radical (unpaired) electrons. The lowest BCUT2D eigenvalue weighted by molar-refractivity contribution is 1.22. The Bertz CT molecular complexity index is 2830. The maximum Gasteiger partial charge on any atom is 0.0472 e. The van der Waals surface area contributed by atoms with Crippen LogP contribution in [0.1, 0.15) is 0 Å². The first kappa shape index (κ1) is 34.8. The summed E-state index contributed by atoms with van der Waals surface area (Å²) >= 11 is 1.86. The Hall–Kier alpha value is -6.65. The highest BCUT2D eigenvalue weighted by atomic mass is 32.3. The van der Waals surface area contributed by atoms with E-state index in [2.05, 4.69) is 241 Å². The summed E-state index contributed by atoms with van der Waals surface area (Å²) in [5.41, 5.74) is 8.21. The number of thiophene rings is 1. The number of nitrogens with zero attached hydrogens (tertiary/aromatic N) is 1. The van der Waals surface area contributed by atoms with Gasteiger partial charge in [-0.25, -0.2) is 0 Å². The van der Waals surface area contributed by atoms with Gasteiger partial charge in [0.25, 0.3) is 0 Å². The second-order valence-electron chi connectivity index (χ2n) is 14.2. The number of anilines is 3. The molecule has 0 aliphatic heterocycles. The lowest BCUT2D eigenvalue weighted by Crippen LogP contribution is -2.11. The molecular formula is C54H39NS2. The maximum absolute atomic E-state index is 2.44. The van der Waals surface area contributed by atoms with Crippen molar-refractivity contribution in [1.82, 2.24) is 0 Å². The SMILES string of the molecule is c1ccc(-c2ccc(N(c3cccc(S(c4ccccc4)(c4ccccc4)c4ccccc4)c3)c3ccc4sc5ccc(-c6ccccc6)cc5c4c3)cc2)cc1. The van der Waals surface area contributed by atoms with Crippen LogP contribution in [0.25, 0.3) is 42.4 Å². The van der Waals surface area contributed by atoms with Crippen LogP contribution in [0.5, 0.6) is 0 Å². The zero-order chi connectivity index (χ0) is 38.0. The summed E-state index contributed by atoms with van der Waals surface area (Å²) in [5, 5.41) is 2.55. The third-order valence-electron chi connectivity index (χ3n) is 10.8. The topological polar surface area (TPSA) is 3.24 Å². The molecule has 0 fully saturated rings. The van der Waals surface area contributed by atoms with E-state index in [4.69, 9.17) is 0 Å². The second kappa shape index (κ2) is 15.1. The Labute approximate surface area is 340 Å². The van der Waals surface area contributed by atoms with Crippen molar-refractivity contribution in [2.24, 2.45) is 0 Å². The Balaban J connectivity index is 1.19. The van der Waals surface area contributed by atoms with Gasteiger partial charge in [0.15, 0.2) is 0 Å². The quantitative estimate of drug-likeness (QED) is 0.141. The number of hydrogen-bond donors (Lipinski definition) is 0. The normalized spacial score (nSPS) is 11.8. The average molecular weight is 766 g/mol. The summed E-state index contributed by atoms with van der Waals surface area (Å²) in [6, 6.07) is 86.8. The summed E-state index contributed by atoms with van der Waals surface area (Å²) in [6.07, 6.45) is 0. The van der Waals surface area contributed by atoms with Gasteiger partial charge < -0.3 is 4.90 Å². The molecule has 57 heavy (non-hydrogen) atoms. The fourth-order valence-electron chi connectivity index (χ4n) is 8.10. The molecule has 0 aliphatic rings. The molecule has 0 atom stereocenters. The van der Waals surface area contributed by atoms with Crippen LogP contribution in [0, 0.1) is 0 Å². The minimum absolute atomic E-state index is 1.11. The summed E-state index contributed by atoms with van der Waals surface area (Å²) in [4.78, 5) is 7.63. The van der Waals surface area contributed by atoms with Crippen LogP contribution in [0.4, 0.5) is 17.1 Å². The van der Waals surface area contributed by atoms with Crippen molar-refractivity contribution < 1.29 is 0 Å². The van der Waals surface area contributed by atoms with Gasteiger partial charge in [0.05, 0.1) is 0 Å². The molecule has 0 saturated carbocycles. The highest BCUT2D eigenvalue weighted by Gasteiger charge is 2.33. The Morgan fingerprint density at radius 2 is 0.684 bits per heavy atom. The molecule has 1 heterocycles. The van der Waals surface area contributed by atoms with Crippen molar-refractivity contribution >= 4 is 58.6 Å². The van der Waals surface area contributed by atoms with Crippen molar-refractivity contribution in [3.8, 4) is 22.3 Å². The minimum atomic E-state index is -1.89. The summed E-state index contributed by atoms with van der Waals surface area (Å²) in [5.74, 6) is 0. The molecule has 272 valence electrons. The van der Waals surface area contributed by atoms with Crippen LogP contribution < -0.4 is 4.90 Å². The molecule has 10 aromatic rings. The van der Waals surface area contributed by atoms with Crippen LogP contribution in [-0.2, 0) is 0 Å². The Morgan fingerprint density at radius 3 is 1.25 bits per heavy atom. The van der Waals surface area contributed by atoms with E-state index in [9.17, 15) is 0 Å². The number of rotatable bonds is 9. The first-order valence-electron chi connectivity index (χ1n) is 19.3. The van der Waals surface area contributed by atoms with Crippen molar-refractivity contribution in [2.75, 3.05) is 4.90 Å². The van der Waals surface area contributed by atoms with Crippen LogP contribution in [0.3, 0.4) is 0 Å². The maximum atomic E-state index is 2.44. The van der Waals surface area contributed by atoms with E-state index in [-0.39, 0.29) is 0 Å². The van der Waals surface area contributed by atoms with Crippen molar-refractivity contribution in [1.29, 1.82) is 0 Å². The minimum Gasteiger partial charge on any atom is -0.310 e. The molecule has 3 heteroatoms. The molecule has 1 aromatic heterocycles. The van der Waals surface area contributed by atoms with Crippen LogP contribution in [0.15, 0.2) is 256 Å². The zero-order valence-corrected chi connectivity index (χ0v) is 32.9. The van der Waals surface area contributed by atoms with E-state index in [1.807, 2.05) is 11.3 Å². The van der Waals surface area contributed by atoms with Crippen molar-refractivity contribution in [3.05, 3.63) is 237 Å². The van der Waals surface area contributed by atoms with Gasteiger partial charge in [-0.1, -0.05) is 140 Å². The molecule has 0 aliphatic carbocycles. The van der Waals surface area contributed by atoms with E-state index >= 15 is 0 Å². The van der Waals surface area contributed by atoms with Crippen molar-refractivity contribution in [3.63, 3.8) is 0 Å². The van der Waals surface area contributed by atoms with Crippen LogP contribution in [-0.4, -0.2) is 0 Å². The predicted molar refractivity (Wildman–Crippen MR) is 245 cm³/mol. The lowest BCUT2D eigenvalue weighted by atomic mass is 10.0. The third kappa shape index (κ3) is 6.41. The molecule has 0 spiro atoms. The van der Waals surface area contributed by atoms with Crippen LogP contribution >= 0.6 is 21.4 Å². The predicted octanol–water partition coefficient (Wildman–Crippen LogP) is 16.2. The fourth-order valence-corrected chi connectivity index (χ4v) is 13.1. The van der Waals surface area contributed by atoms with E-state index in [1.54, 1.807) is 0 Å². The monoisotopic (exact) mass is 765 g/mol. The fraction of sp³-hybridized carbons (Fsp3) is 0. The first-order chi connectivity index (χ1) is 28.3. The molecule has 1 nitrogen and oxygen atoms in total. The van der Waals surface area contributed by atoms with Gasteiger partial charge >= 0.3 is 0 Å². The van der Waals surface area contributed by atoms with Gasteiger partial charge in [0, 0.05) is 56.8 Å². The van der Waals surface area contributed by atoms with Crippen LogP contribution in [0.2, 0.25) is 0 Å². The third-order valence-corrected chi connectivity index (χ3v) is 15.8. The standard InChI is InChI=1S/C54H39NS2/c1-6-17-40(18-7-1)42-29-32-44(33-30-42)55(46-34-36-54-52(39-46)51-37-43(31-35-53(51)56-54)41-19-8-2-9-20-41)45-21-16-28-50(38-45)57(47-22-10-3-11-23-47,48-24-12-4-13-25-48)49-26-14-5-15-27-49/h1-39H. The Morgan fingerprint density at radius 1 is 0.281 bits per heavy atom. The molecule has 0 unspecified atom stereocenters. The highest BCUT2D eigenvalue weighted by Crippen LogP contribution is 2.73. The Kier molecular flexibility index (Phi) is 9.23. The van der Waals surface area contributed by atoms with E-state index < -0.39 is 10.0 Å². The van der Waals surface area contributed by atoms with Gasteiger partial charge in [-0.15, -0.1) is 21.4 Å². The first-order valence-corrected chi connectivity index (χ1v) is 21.8. The molecule has 9 aromatic carbocycles. The smallest absolute Gasteiger partial charge is 0.0472 e. The van der Waals surface area contributed by atoms with Gasteiger partial charge in [-0.3, -0.25) is 0 Å². The average Bonchev–Trinajstić information content (AvgIpc) is 3.66. The van der Waals surface area contributed by atoms with Gasteiger partial charge in [0.2, 0.25) is 0 Å². The molecular weight excluding hydrogens is 727 g/mol. The van der Waals surface area contributed by atoms with E-state index in [1.165, 1.54) is 62.0 Å². The molecule has 0 amide bonds. The number of benzene rings is 9. The van der Waals surface area contributed by atoms with Gasteiger partial charge in [-0.2, -0.15) is 0 Å². The van der Waals surface area contributed by atoms with E-state index in [0.717, 1.165) is 17.1 Å². The zero-order valence-electron chi connectivity index (χ0n) is 31.3. The molecule has 0 saturated heterocycles. The largest absolute Gasteiger partial charge is 0.310 e. The van der Waals surface area contributed by atoms with E-state index in [0.29, 0.717) is 0 Å². The summed E-state index contributed by atoms with van der Waals surface area (Å²) < 4.78 is 2.58. The van der Waals surface area contributed by atoms with Gasteiger partial charge in [0.1, 0.15) is 0 Å². The molecule has 10 rings (SSSR count). The van der Waals surface area contributed by atoms with Crippen molar-refractivity contribution in [2.45, 2.75) is 19.6 Å². The highest BCUT2D eigenvalue weighted by molar-refractivity contribution is 8.34. The van der Waals surface area contributed by atoms with Gasteiger partial charge in [-0.05, 0) is 119 Å². The lowest BCUT2D eigenvalue weighted by Gasteiger charge is -2.42. The summed E-state index contributed by atoms with van der Waals surface area (Å²) in [6.45, 7) is 0. The molecule has 0 N–H and O–H groups in total. The number of hydrogen-bond acceptors (Lipinski definition) is 2. The second-order valence-corrected chi connectivity index (χ2v) is 18.4. The molecule has 0 bridgehead atoms. The summed E-state index contributed by atoms with van der Waals surface area (Å²) in [7, 11) is -1.89.